The molecular formula is C25H31ClN4O2. The van der Waals surface area contributed by atoms with Gasteiger partial charge in [-0.2, -0.15) is 0 Å². The summed E-state index contributed by atoms with van der Waals surface area (Å²) in [6, 6.07) is 17.8. The number of carbonyl (C=O) groups excluding carboxylic acids is 2. The number of nitrogens with zero attached hydrogens (tertiary/aromatic N) is 2. The van der Waals surface area contributed by atoms with Gasteiger partial charge in [-0.3, -0.25) is 19.4 Å². The zero-order chi connectivity index (χ0) is 22.5. The second-order valence-corrected chi connectivity index (χ2v) is 9.20. The Bertz CT molecular complexity index is 939. The molecule has 0 bridgehead atoms. The Labute approximate surface area is 194 Å². The van der Waals surface area contributed by atoms with Crippen LogP contribution < -0.4 is 10.6 Å². The highest BCUT2D eigenvalue weighted by molar-refractivity contribution is 6.30. The Kier molecular flexibility index (Phi) is 7.45. The van der Waals surface area contributed by atoms with Crippen molar-refractivity contribution in [2.75, 3.05) is 20.1 Å². The number of hydrogen-bond acceptors (Lipinski definition) is 4. The van der Waals surface area contributed by atoms with Crippen LogP contribution in [0.3, 0.4) is 0 Å². The molecule has 2 aromatic carbocycles. The lowest BCUT2D eigenvalue weighted by Gasteiger charge is -2.33. The fourth-order valence-electron chi connectivity index (χ4n) is 4.88. The number of likely N-dealkylation sites (N-methyl/N-ethyl adjacent to an activating group) is 1. The molecule has 7 heteroatoms. The number of fused-ring (bicyclic) bond motifs is 1. The Hall–Kier alpha value is -2.41. The summed E-state index contributed by atoms with van der Waals surface area (Å²) in [6.07, 6.45) is 2.10. The molecule has 2 aliphatic heterocycles. The van der Waals surface area contributed by atoms with Gasteiger partial charge < -0.3 is 10.6 Å². The van der Waals surface area contributed by atoms with Crippen molar-refractivity contribution in [1.29, 1.82) is 0 Å². The Morgan fingerprint density at radius 2 is 1.94 bits per heavy atom. The van der Waals surface area contributed by atoms with Gasteiger partial charge in [0, 0.05) is 49.7 Å². The van der Waals surface area contributed by atoms with Crippen molar-refractivity contribution in [3.8, 4) is 0 Å². The predicted octanol–water partition coefficient (Wildman–Crippen LogP) is 2.81. The van der Waals surface area contributed by atoms with E-state index in [1.54, 1.807) is 0 Å². The number of hydrogen-bond donors (Lipinski definition) is 2. The first-order chi connectivity index (χ1) is 15.5. The van der Waals surface area contributed by atoms with Crippen LogP contribution in [-0.4, -0.2) is 59.9 Å². The molecule has 170 valence electrons. The van der Waals surface area contributed by atoms with Gasteiger partial charge in [0.2, 0.25) is 11.8 Å². The molecule has 32 heavy (non-hydrogen) atoms. The summed E-state index contributed by atoms with van der Waals surface area (Å²) in [7, 11) is 2.09. The molecule has 2 fully saturated rings. The summed E-state index contributed by atoms with van der Waals surface area (Å²) < 4.78 is 0. The van der Waals surface area contributed by atoms with Gasteiger partial charge in [-0.25, -0.2) is 0 Å². The van der Waals surface area contributed by atoms with Crippen molar-refractivity contribution in [2.24, 2.45) is 0 Å². The minimum Gasteiger partial charge on any atom is -0.353 e. The number of halogens is 1. The maximum Gasteiger partial charge on any atom is 0.239 e. The lowest BCUT2D eigenvalue weighted by molar-refractivity contribution is -0.126. The summed E-state index contributed by atoms with van der Waals surface area (Å²) in [4.78, 5) is 29.9. The monoisotopic (exact) mass is 454 g/mol. The topological polar surface area (TPSA) is 64.7 Å². The van der Waals surface area contributed by atoms with Gasteiger partial charge in [-0.1, -0.05) is 54.1 Å². The maximum atomic E-state index is 13.0. The summed E-state index contributed by atoms with van der Waals surface area (Å²) in [5.74, 6) is 0.126. The highest BCUT2D eigenvalue weighted by atomic mass is 35.5. The molecule has 0 aliphatic carbocycles. The van der Waals surface area contributed by atoms with Gasteiger partial charge in [0.15, 0.2) is 0 Å². The molecule has 0 aromatic heterocycles. The van der Waals surface area contributed by atoms with Crippen molar-refractivity contribution in [2.45, 2.75) is 50.5 Å². The highest BCUT2D eigenvalue weighted by Crippen LogP contribution is 2.29. The van der Waals surface area contributed by atoms with E-state index in [0.29, 0.717) is 31.1 Å². The standard InChI is InChI=1S/C25H31ClN4O2/c1-29-21(10-11-23(31)27-15-18-6-3-2-4-7-18)16-28-25(32)24-22(29)12-13-30(24)17-19-8-5-9-20(26)14-19/h2-9,14,21-22,24H,10-13,15-17H2,1H3,(H,27,31)(H,28,32)/t21-,22-,24-/m0/s1. The zero-order valence-electron chi connectivity index (χ0n) is 18.5. The van der Waals surface area contributed by atoms with Crippen molar-refractivity contribution in [3.63, 3.8) is 0 Å². The van der Waals surface area contributed by atoms with Crippen LogP contribution in [0.25, 0.3) is 0 Å². The number of nitrogens with one attached hydrogen (secondary N) is 2. The maximum absolute atomic E-state index is 13.0. The fraction of sp³-hybridized carbons (Fsp3) is 0.440. The predicted molar refractivity (Wildman–Crippen MR) is 126 cm³/mol. The highest BCUT2D eigenvalue weighted by Gasteiger charge is 2.44. The van der Waals surface area contributed by atoms with Crippen molar-refractivity contribution >= 4 is 23.4 Å². The van der Waals surface area contributed by atoms with E-state index in [1.807, 2.05) is 54.6 Å². The SMILES string of the molecule is CN1[C@@H](CCC(=O)NCc2ccccc2)CNC(=O)[C@@H]2[C@@H]1CCN2Cc1cccc(Cl)c1. The van der Waals surface area contributed by atoms with E-state index in [-0.39, 0.29) is 29.9 Å². The van der Waals surface area contributed by atoms with Gasteiger partial charge >= 0.3 is 0 Å². The number of carbonyl (C=O) groups is 2. The van der Waals surface area contributed by atoms with Crippen LogP contribution in [0.5, 0.6) is 0 Å². The molecule has 2 aromatic rings. The smallest absolute Gasteiger partial charge is 0.239 e. The molecule has 2 amide bonds. The van der Waals surface area contributed by atoms with Crippen LogP contribution in [0.2, 0.25) is 5.02 Å². The van der Waals surface area contributed by atoms with E-state index in [4.69, 9.17) is 11.6 Å². The minimum atomic E-state index is -0.184. The third-order valence-electron chi connectivity index (χ3n) is 6.66. The van der Waals surface area contributed by atoms with Crippen LogP contribution in [0.15, 0.2) is 54.6 Å². The molecular weight excluding hydrogens is 424 g/mol. The number of amides is 2. The van der Waals surface area contributed by atoms with Gasteiger partial charge in [0.1, 0.15) is 6.04 Å². The molecule has 6 nitrogen and oxygen atoms in total. The number of likely N-dealkylation sites (tertiary alicyclic amines) is 1. The molecule has 2 aliphatic rings. The van der Waals surface area contributed by atoms with Crippen LogP contribution in [0.1, 0.15) is 30.4 Å². The number of rotatable bonds is 7. The Morgan fingerprint density at radius 1 is 1.16 bits per heavy atom. The summed E-state index contributed by atoms with van der Waals surface area (Å²) >= 11 is 6.14. The summed E-state index contributed by atoms with van der Waals surface area (Å²) in [5.41, 5.74) is 2.21. The van der Waals surface area contributed by atoms with Crippen LogP contribution in [0.4, 0.5) is 0 Å². The van der Waals surface area contributed by atoms with E-state index in [2.05, 4.69) is 27.5 Å². The molecule has 0 spiro atoms. The van der Waals surface area contributed by atoms with Crippen LogP contribution in [0, 0.1) is 0 Å². The van der Waals surface area contributed by atoms with E-state index < -0.39 is 0 Å². The Morgan fingerprint density at radius 3 is 2.72 bits per heavy atom. The molecule has 4 rings (SSSR count). The molecule has 2 saturated heterocycles. The van der Waals surface area contributed by atoms with E-state index in [1.165, 1.54) is 0 Å². The first-order valence-electron chi connectivity index (χ1n) is 11.3. The fourth-order valence-corrected chi connectivity index (χ4v) is 5.09. The average molecular weight is 455 g/mol. The van der Waals surface area contributed by atoms with Crippen molar-refractivity contribution in [1.82, 2.24) is 20.4 Å². The summed E-state index contributed by atoms with van der Waals surface area (Å²) in [6.45, 7) is 2.68. The second-order valence-electron chi connectivity index (χ2n) is 8.77. The van der Waals surface area contributed by atoms with E-state index in [0.717, 1.165) is 30.5 Å². The third-order valence-corrected chi connectivity index (χ3v) is 6.90. The minimum absolute atomic E-state index is 0.0448. The van der Waals surface area contributed by atoms with E-state index >= 15 is 0 Å². The van der Waals surface area contributed by atoms with E-state index in [9.17, 15) is 9.59 Å². The lowest BCUT2D eigenvalue weighted by atomic mass is 10.0. The van der Waals surface area contributed by atoms with Crippen molar-refractivity contribution in [3.05, 3.63) is 70.7 Å². The van der Waals surface area contributed by atoms with Gasteiger partial charge in [0.25, 0.3) is 0 Å². The van der Waals surface area contributed by atoms with Crippen LogP contribution in [-0.2, 0) is 22.7 Å². The molecule has 0 unspecified atom stereocenters. The molecule has 3 atom stereocenters. The normalized spacial score (nSPS) is 23.9. The zero-order valence-corrected chi connectivity index (χ0v) is 19.2. The average Bonchev–Trinajstić information content (AvgIpc) is 3.16. The lowest BCUT2D eigenvalue weighted by Crippen LogP contribution is -2.49. The second kappa shape index (κ2) is 10.5. The van der Waals surface area contributed by atoms with Crippen LogP contribution >= 0.6 is 11.6 Å². The summed E-state index contributed by atoms with van der Waals surface area (Å²) in [5, 5.41) is 6.84. The largest absolute Gasteiger partial charge is 0.353 e. The van der Waals surface area contributed by atoms with Crippen molar-refractivity contribution < 1.29 is 9.59 Å². The first kappa shape index (κ1) is 22.8. The van der Waals surface area contributed by atoms with Gasteiger partial charge in [-0.15, -0.1) is 0 Å². The Balaban J connectivity index is 1.33. The first-order valence-corrected chi connectivity index (χ1v) is 11.7. The van der Waals surface area contributed by atoms with Gasteiger partial charge in [0.05, 0.1) is 0 Å². The molecule has 2 N–H and O–H groups in total. The quantitative estimate of drug-likeness (QED) is 0.675. The van der Waals surface area contributed by atoms with Gasteiger partial charge in [-0.05, 0) is 43.1 Å². The molecule has 2 heterocycles. The molecule has 0 radical (unpaired) electrons. The molecule has 0 saturated carbocycles. The number of benzene rings is 2. The third kappa shape index (κ3) is 5.49.